The van der Waals surface area contributed by atoms with E-state index in [2.05, 4.69) is 55.2 Å². The maximum absolute atomic E-state index is 15.0. The Morgan fingerprint density at radius 2 is 1.96 bits per heavy atom. The molecule has 1 aromatic carbocycles. The minimum absolute atomic E-state index is 0.0720. The van der Waals surface area contributed by atoms with E-state index in [0.29, 0.717) is 30.5 Å². The normalized spacial score (nSPS) is 26.2. The molecule has 244 valence electrons. The van der Waals surface area contributed by atoms with Gasteiger partial charge >= 0.3 is 0 Å². The van der Waals surface area contributed by atoms with Crippen molar-refractivity contribution in [2.75, 3.05) is 56.1 Å². The highest BCUT2D eigenvalue weighted by Gasteiger charge is 2.35. The van der Waals surface area contributed by atoms with Crippen molar-refractivity contribution in [2.45, 2.75) is 56.5 Å². The summed E-state index contributed by atoms with van der Waals surface area (Å²) in [5.74, 6) is 0.380. The number of nitrogens with zero attached hydrogens (tertiary/aromatic N) is 8. The van der Waals surface area contributed by atoms with Gasteiger partial charge < -0.3 is 24.6 Å². The van der Waals surface area contributed by atoms with Gasteiger partial charge in [0.1, 0.15) is 30.1 Å². The molecular weight excluding hydrogens is 601 g/mol. The Morgan fingerprint density at radius 1 is 1.15 bits per heavy atom. The number of piperazine rings is 1. The van der Waals surface area contributed by atoms with Gasteiger partial charge in [-0.3, -0.25) is 9.69 Å². The second kappa shape index (κ2) is 14.7. The fourth-order valence-electron chi connectivity index (χ4n) is 6.26. The van der Waals surface area contributed by atoms with Crippen LogP contribution in [0.25, 0.3) is 0 Å². The molecule has 1 N–H and O–H groups in total. The molecule has 0 spiro atoms. The molecule has 6 rings (SSSR count). The summed E-state index contributed by atoms with van der Waals surface area (Å²) in [6, 6.07) is 12.8. The third-order valence-corrected chi connectivity index (χ3v) is 9.09. The number of hydrogen-bond donors (Lipinski definition) is 1. The molecule has 3 aliphatic heterocycles. The van der Waals surface area contributed by atoms with Crippen molar-refractivity contribution in [1.29, 1.82) is 10.5 Å². The summed E-state index contributed by atoms with van der Waals surface area (Å²) < 4.78 is 26.6. The van der Waals surface area contributed by atoms with Crippen molar-refractivity contribution in [1.82, 2.24) is 24.8 Å². The summed E-state index contributed by atoms with van der Waals surface area (Å²) in [6.07, 6.45) is 6.87. The van der Waals surface area contributed by atoms with Crippen LogP contribution in [0.3, 0.4) is 0 Å². The lowest BCUT2D eigenvalue weighted by Gasteiger charge is -2.46. The first-order valence-corrected chi connectivity index (χ1v) is 16.0. The predicted octanol–water partition coefficient (Wildman–Crippen LogP) is 3.77. The van der Waals surface area contributed by atoms with Gasteiger partial charge in [-0.05, 0) is 43.3 Å². The van der Waals surface area contributed by atoms with Crippen LogP contribution < -0.4 is 10.2 Å². The third-order valence-electron chi connectivity index (χ3n) is 9.09. The molecule has 1 aromatic heterocycles. The summed E-state index contributed by atoms with van der Waals surface area (Å²) in [5, 5.41) is 21.9. The van der Waals surface area contributed by atoms with E-state index in [4.69, 9.17) is 14.7 Å². The first-order chi connectivity index (χ1) is 22.9. The van der Waals surface area contributed by atoms with Gasteiger partial charge in [-0.15, -0.1) is 0 Å². The molecule has 0 radical (unpaired) electrons. The quantitative estimate of drug-likeness (QED) is 0.428. The zero-order chi connectivity index (χ0) is 32.8. The van der Waals surface area contributed by atoms with E-state index in [1.54, 1.807) is 18.2 Å². The van der Waals surface area contributed by atoms with Crippen LogP contribution in [-0.2, 0) is 14.3 Å². The average molecular weight is 640 g/mol. The number of aromatic nitrogens is 3. The van der Waals surface area contributed by atoms with Crippen LogP contribution in [-0.4, -0.2) is 101 Å². The molecule has 3 unspecified atom stereocenters. The van der Waals surface area contributed by atoms with E-state index < -0.39 is 18.2 Å². The zero-order valence-electron chi connectivity index (χ0n) is 26.3. The summed E-state index contributed by atoms with van der Waals surface area (Å²) in [4.78, 5) is 31.8. The van der Waals surface area contributed by atoms with Crippen LogP contribution in [0.15, 0.2) is 66.2 Å². The van der Waals surface area contributed by atoms with Gasteiger partial charge in [-0.2, -0.15) is 15.5 Å². The summed E-state index contributed by atoms with van der Waals surface area (Å²) in [6.45, 7) is 7.18. The number of amides is 1. The molecule has 5 atom stereocenters. The lowest BCUT2D eigenvalue weighted by atomic mass is 10.0. The minimum atomic E-state index is -1.42. The molecule has 13 heteroatoms. The molecule has 3 fully saturated rings. The van der Waals surface area contributed by atoms with E-state index in [0.717, 1.165) is 38.5 Å². The number of hydrogen-bond acceptors (Lipinski definition) is 11. The Bertz CT molecular complexity index is 1610. The van der Waals surface area contributed by atoms with Crippen molar-refractivity contribution >= 4 is 23.2 Å². The topological polar surface area (TPSA) is 144 Å². The first kappa shape index (κ1) is 32.1. The number of halogens is 1. The number of benzene rings is 1. The van der Waals surface area contributed by atoms with Crippen LogP contribution in [0.4, 0.5) is 21.7 Å². The highest BCUT2D eigenvalue weighted by atomic mass is 19.1. The van der Waals surface area contributed by atoms with E-state index in [9.17, 15) is 10.1 Å². The Labute approximate surface area is 273 Å². The summed E-state index contributed by atoms with van der Waals surface area (Å²) >= 11 is 0. The average Bonchev–Trinajstić information content (AvgIpc) is 3.30. The lowest BCUT2D eigenvalue weighted by Crippen LogP contribution is -2.60. The zero-order valence-corrected chi connectivity index (χ0v) is 26.3. The molecule has 1 amide bonds. The van der Waals surface area contributed by atoms with Gasteiger partial charge in [0.05, 0.1) is 42.9 Å². The van der Waals surface area contributed by atoms with Gasteiger partial charge in [-0.1, -0.05) is 12.2 Å². The van der Waals surface area contributed by atoms with Crippen LogP contribution >= 0.6 is 0 Å². The van der Waals surface area contributed by atoms with Crippen molar-refractivity contribution in [3.05, 3.63) is 72.1 Å². The number of ether oxygens (including phenoxy) is 2. The van der Waals surface area contributed by atoms with Crippen LogP contribution in [0, 0.1) is 22.7 Å². The van der Waals surface area contributed by atoms with Crippen molar-refractivity contribution in [3.63, 3.8) is 0 Å². The van der Waals surface area contributed by atoms with Crippen LogP contribution in [0.5, 0.6) is 0 Å². The van der Waals surface area contributed by atoms with E-state index in [-0.39, 0.29) is 43.0 Å². The Morgan fingerprint density at radius 3 is 2.64 bits per heavy atom. The second-order valence-corrected chi connectivity index (χ2v) is 12.1. The van der Waals surface area contributed by atoms with Gasteiger partial charge in [0.2, 0.25) is 11.9 Å². The number of alkyl halides is 1. The predicted molar refractivity (Wildman–Crippen MR) is 172 cm³/mol. The fourth-order valence-corrected chi connectivity index (χ4v) is 6.26. The van der Waals surface area contributed by atoms with Gasteiger partial charge in [0.25, 0.3) is 0 Å². The molecule has 47 heavy (non-hydrogen) atoms. The van der Waals surface area contributed by atoms with Crippen LogP contribution in [0.1, 0.15) is 37.9 Å². The molecule has 1 aliphatic carbocycles. The summed E-state index contributed by atoms with van der Waals surface area (Å²) in [7, 11) is 0. The number of allylic oxidation sites excluding steroid dienone is 5. The molecule has 4 heterocycles. The number of rotatable bonds is 9. The molecule has 0 bridgehead atoms. The largest absolute Gasteiger partial charge is 0.486 e. The molecule has 3 saturated heterocycles. The smallest absolute Gasteiger partial charge is 0.230 e. The Kier molecular flexibility index (Phi) is 10.0. The van der Waals surface area contributed by atoms with Gasteiger partial charge in [0, 0.05) is 63.4 Å². The number of likely N-dealkylation sites (tertiary alicyclic amines) is 1. The SMILES string of the molecule is C[C@H]1OCC1N1CCN(c2ccc(Nc3ncnc(C4C=CC=C(OC5CCN(C(=O)CCC#N)C[C@H]5F)C(C#N)=C4)n3)cc2)CC1. The fraction of sp³-hybridized carbons (Fsp3) is 0.471. The first-order valence-electron chi connectivity index (χ1n) is 16.0. The number of nitriles is 2. The number of anilines is 3. The number of carbonyl (C=O) groups excluding carboxylic acids is 1. The minimum Gasteiger partial charge on any atom is -0.486 e. The standard InChI is InChI=1S/C34H38FN9O3/c1-23-29(21-46-23)43-16-14-42(15-17-43)27-9-7-26(8-10-27)40-34-39-22-38-33(41-34)24-4-2-5-30(25(18-24)19-37)47-31-11-13-44(20-28(31)35)32(45)6-3-12-36/h2,4-5,7-10,18,22-24,28-29,31H,3,6,11,13-17,20-21H2,1H3,(H,38,39,40,41)/t23-,24?,28-,29?,31?/m1/s1. The van der Waals surface area contributed by atoms with Crippen molar-refractivity contribution < 1.29 is 18.7 Å². The van der Waals surface area contributed by atoms with Crippen LogP contribution in [0.2, 0.25) is 0 Å². The van der Waals surface area contributed by atoms with E-state index >= 15 is 4.39 Å². The van der Waals surface area contributed by atoms with Gasteiger partial charge in [-0.25, -0.2) is 14.4 Å². The highest BCUT2D eigenvalue weighted by Crippen LogP contribution is 2.29. The van der Waals surface area contributed by atoms with E-state index in [1.807, 2.05) is 24.3 Å². The molecule has 2 aromatic rings. The monoisotopic (exact) mass is 639 g/mol. The third kappa shape index (κ3) is 7.59. The van der Waals surface area contributed by atoms with Crippen molar-refractivity contribution in [3.8, 4) is 12.1 Å². The maximum Gasteiger partial charge on any atom is 0.230 e. The molecule has 12 nitrogen and oxygen atoms in total. The maximum atomic E-state index is 15.0. The summed E-state index contributed by atoms with van der Waals surface area (Å²) in [5.41, 5.74) is 2.24. The molecule has 0 saturated carbocycles. The number of carbonyl (C=O) groups is 1. The van der Waals surface area contributed by atoms with Gasteiger partial charge in [0.15, 0.2) is 6.17 Å². The van der Waals surface area contributed by atoms with E-state index in [1.165, 1.54) is 16.9 Å². The molecular formula is C34H38FN9O3. The number of nitrogens with one attached hydrogen (secondary N) is 1. The lowest BCUT2D eigenvalue weighted by molar-refractivity contribution is -0.135. The second-order valence-electron chi connectivity index (χ2n) is 12.1. The Hall–Kier alpha value is -4.85. The number of piperidine rings is 1. The Balaban J connectivity index is 1.05. The molecule has 4 aliphatic rings. The highest BCUT2D eigenvalue weighted by molar-refractivity contribution is 5.76. The van der Waals surface area contributed by atoms with Crippen molar-refractivity contribution in [2.24, 2.45) is 0 Å².